The van der Waals surface area contributed by atoms with Gasteiger partial charge in [-0.2, -0.15) is 0 Å². The number of halogens is 1. The summed E-state index contributed by atoms with van der Waals surface area (Å²) in [5.41, 5.74) is 6.70. The van der Waals surface area contributed by atoms with Crippen LogP contribution in [-0.2, 0) is 17.8 Å². The molecule has 1 aliphatic carbocycles. The van der Waals surface area contributed by atoms with Crippen LogP contribution in [0.3, 0.4) is 0 Å². The normalized spacial score (nSPS) is 20.2. The van der Waals surface area contributed by atoms with E-state index in [9.17, 15) is 14.3 Å². The van der Waals surface area contributed by atoms with Crippen molar-refractivity contribution in [3.63, 3.8) is 0 Å². The number of carbonyl (C=O) groups is 1. The van der Waals surface area contributed by atoms with Crippen LogP contribution in [0.5, 0.6) is 5.75 Å². The van der Waals surface area contributed by atoms with Crippen LogP contribution in [0.2, 0.25) is 0 Å². The van der Waals surface area contributed by atoms with Crippen LogP contribution in [0, 0.1) is 24.6 Å². The van der Waals surface area contributed by atoms with Gasteiger partial charge in [0, 0.05) is 29.7 Å². The predicted octanol–water partition coefficient (Wildman–Crippen LogP) is 2.74. The molecule has 2 aromatic carbocycles. The number of likely N-dealkylation sites (tertiary alicyclic amines) is 1. The fourth-order valence-corrected chi connectivity index (χ4v) is 6.54. The van der Waals surface area contributed by atoms with Gasteiger partial charge in [0.2, 0.25) is 0 Å². The number of hydrogen-bond donors (Lipinski definition) is 0. The van der Waals surface area contributed by atoms with Gasteiger partial charge >= 0.3 is 29.6 Å². The summed E-state index contributed by atoms with van der Waals surface area (Å²) in [6, 6.07) is 14.4. The molecule has 2 aliphatic heterocycles. The van der Waals surface area contributed by atoms with Crippen LogP contribution in [0.15, 0.2) is 48.7 Å². The van der Waals surface area contributed by atoms with E-state index in [0.29, 0.717) is 11.5 Å². The SMILES string of the molecule is Cc1cc(-c2ccc(C3CCc4ccc([C@H](C5CC5)[C@H](C)C(=O)[O-])cc4O3)cc2CN2CCCC2)c(F)cn1.[Na+]. The van der Waals surface area contributed by atoms with E-state index in [2.05, 4.69) is 40.2 Å². The van der Waals surface area contributed by atoms with Crippen molar-refractivity contribution in [3.8, 4) is 16.9 Å². The van der Waals surface area contributed by atoms with Crippen molar-refractivity contribution in [2.45, 2.75) is 70.9 Å². The van der Waals surface area contributed by atoms with Crippen molar-refractivity contribution in [3.05, 3.63) is 82.4 Å². The van der Waals surface area contributed by atoms with Crippen LogP contribution < -0.4 is 39.4 Å². The molecular weight excluding hydrogens is 514 g/mol. The largest absolute Gasteiger partial charge is 1.00 e. The monoisotopic (exact) mass is 550 g/mol. The quantitative estimate of drug-likeness (QED) is 0.404. The van der Waals surface area contributed by atoms with E-state index in [4.69, 9.17) is 4.74 Å². The molecular formula is C33H36FN2NaO3. The van der Waals surface area contributed by atoms with E-state index in [1.54, 1.807) is 6.92 Å². The predicted molar refractivity (Wildman–Crippen MR) is 147 cm³/mol. The van der Waals surface area contributed by atoms with Gasteiger partial charge < -0.3 is 14.6 Å². The molecule has 7 heteroatoms. The molecule has 0 bridgehead atoms. The van der Waals surface area contributed by atoms with E-state index < -0.39 is 11.9 Å². The van der Waals surface area contributed by atoms with Crippen molar-refractivity contribution in [2.75, 3.05) is 13.1 Å². The number of carbonyl (C=O) groups excluding carboxylic acids is 1. The van der Waals surface area contributed by atoms with Crippen LogP contribution in [0.4, 0.5) is 4.39 Å². The van der Waals surface area contributed by atoms with Crippen LogP contribution >= 0.6 is 0 Å². The molecule has 1 saturated carbocycles. The van der Waals surface area contributed by atoms with E-state index in [-0.39, 0.29) is 47.4 Å². The molecule has 5 nitrogen and oxygen atoms in total. The summed E-state index contributed by atoms with van der Waals surface area (Å²) in [7, 11) is 0. The molecule has 1 unspecified atom stereocenters. The number of carboxylic acid groups (broad SMARTS) is 1. The second-order valence-corrected chi connectivity index (χ2v) is 11.7. The van der Waals surface area contributed by atoms with Crippen LogP contribution in [0.1, 0.15) is 79.0 Å². The first-order chi connectivity index (χ1) is 18.9. The maximum atomic E-state index is 14.9. The second kappa shape index (κ2) is 12.3. The van der Waals surface area contributed by atoms with Gasteiger partial charge in [0.25, 0.3) is 0 Å². The van der Waals surface area contributed by atoms with Gasteiger partial charge in [0.15, 0.2) is 0 Å². The van der Waals surface area contributed by atoms with E-state index >= 15 is 0 Å². The minimum Gasteiger partial charge on any atom is -0.550 e. The Labute approximate surface area is 258 Å². The van der Waals surface area contributed by atoms with Crippen LogP contribution in [-0.4, -0.2) is 28.9 Å². The minimum atomic E-state index is -0.991. The molecule has 204 valence electrons. The number of rotatable bonds is 8. The zero-order valence-electron chi connectivity index (χ0n) is 23.8. The van der Waals surface area contributed by atoms with E-state index in [1.807, 2.05) is 19.1 Å². The Morgan fingerprint density at radius 3 is 2.60 bits per heavy atom. The van der Waals surface area contributed by atoms with Gasteiger partial charge in [-0.05, 0) is 110 Å². The molecule has 6 rings (SSSR count). The Morgan fingerprint density at radius 1 is 1.10 bits per heavy atom. The number of carboxylic acids is 1. The number of benzene rings is 2. The maximum absolute atomic E-state index is 14.9. The third kappa shape index (κ3) is 6.15. The number of hydrogen-bond acceptors (Lipinski definition) is 5. The first-order valence-electron chi connectivity index (χ1n) is 14.4. The molecule has 2 fully saturated rings. The van der Waals surface area contributed by atoms with Crippen molar-refractivity contribution >= 4 is 5.97 Å². The molecule has 3 heterocycles. The standard InChI is InChI=1S/C33H37FN2O3.Na/c1-20-15-28(29(34)18-35-20)27-11-9-24(16-26(27)19-36-13-3-4-14-36)30-12-10-22-5-8-25(17-31(22)39-30)32(23-6-7-23)21(2)33(37)38;/h5,8-9,11,15-18,21,23,30,32H,3-4,6-7,10,12-14,19H2,1-2H3,(H,37,38);/q;+1/p-1/t21-,30?,32-;/m0./s1. The van der Waals surface area contributed by atoms with Gasteiger partial charge in [-0.1, -0.05) is 37.3 Å². The van der Waals surface area contributed by atoms with Crippen molar-refractivity contribution in [1.82, 2.24) is 9.88 Å². The van der Waals surface area contributed by atoms with Crippen molar-refractivity contribution in [1.29, 1.82) is 0 Å². The molecule has 0 N–H and O–H groups in total. The van der Waals surface area contributed by atoms with Crippen LogP contribution in [0.25, 0.3) is 11.1 Å². The first kappa shape index (κ1) is 29.2. The Bertz CT molecular complexity index is 1390. The Kier molecular flexibility index (Phi) is 9.01. The smallest absolute Gasteiger partial charge is 0.550 e. The fourth-order valence-electron chi connectivity index (χ4n) is 6.54. The Balaban J connectivity index is 0.00000323. The summed E-state index contributed by atoms with van der Waals surface area (Å²) in [4.78, 5) is 18.3. The molecule has 1 aromatic heterocycles. The van der Waals surface area contributed by atoms with Gasteiger partial charge in [-0.25, -0.2) is 4.39 Å². The van der Waals surface area contributed by atoms with Gasteiger partial charge in [-0.15, -0.1) is 0 Å². The average Bonchev–Trinajstić information content (AvgIpc) is 3.63. The van der Waals surface area contributed by atoms with Gasteiger partial charge in [-0.3, -0.25) is 9.88 Å². The zero-order valence-corrected chi connectivity index (χ0v) is 25.8. The number of nitrogens with zero attached hydrogens (tertiary/aromatic N) is 2. The van der Waals surface area contributed by atoms with Gasteiger partial charge in [0.05, 0.1) is 6.20 Å². The number of aliphatic carboxylic acids is 1. The minimum absolute atomic E-state index is 0. The third-order valence-electron chi connectivity index (χ3n) is 8.84. The second-order valence-electron chi connectivity index (χ2n) is 11.7. The average molecular weight is 551 g/mol. The molecule has 3 aromatic rings. The summed E-state index contributed by atoms with van der Waals surface area (Å²) < 4.78 is 21.5. The number of ether oxygens (including phenoxy) is 1. The van der Waals surface area contributed by atoms with Gasteiger partial charge in [0.1, 0.15) is 17.7 Å². The number of fused-ring (bicyclic) bond motifs is 1. The summed E-state index contributed by atoms with van der Waals surface area (Å²) >= 11 is 0. The first-order valence-corrected chi connectivity index (χ1v) is 14.4. The topological polar surface area (TPSA) is 65.5 Å². The molecule has 0 amide bonds. The maximum Gasteiger partial charge on any atom is 1.00 e. The molecule has 0 spiro atoms. The summed E-state index contributed by atoms with van der Waals surface area (Å²) in [5, 5.41) is 11.7. The summed E-state index contributed by atoms with van der Waals surface area (Å²) in [6.45, 7) is 6.55. The zero-order chi connectivity index (χ0) is 27.1. The number of pyridine rings is 1. The number of aryl methyl sites for hydroxylation is 2. The summed E-state index contributed by atoms with van der Waals surface area (Å²) in [5.74, 6) is -0.631. The molecule has 1 saturated heterocycles. The number of aromatic nitrogens is 1. The molecule has 0 radical (unpaired) electrons. The molecule has 3 atom stereocenters. The van der Waals surface area contributed by atoms with Crippen molar-refractivity contribution in [2.24, 2.45) is 11.8 Å². The van der Waals surface area contributed by atoms with Crippen molar-refractivity contribution < 1.29 is 48.6 Å². The molecule has 3 aliphatic rings. The molecule has 40 heavy (non-hydrogen) atoms. The fraction of sp³-hybridized carbons (Fsp3) is 0.455. The third-order valence-corrected chi connectivity index (χ3v) is 8.84. The van der Waals surface area contributed by atoms with E-state index in [0.717, 1.165) is 84.6 Å². The van der Waals surface area contributed by atoms with E-state index in [1.165, 1.54) is 19.0 Å². The Morgan fingerprint density at radius 2 is 1.88 bits per heavy atom. The Hall–Kier alpha value is -2.25. The summed E-state index contributed by atoms with van der Waals surface area (Å²) in [6.07, 6.45) is 7.47.